The SMILES string of the molecule is O=C(O)[C@H](OC1CCCCO1)c1ccccc1. The van der Waals surface area contributed by atoms with E-state index in [1.807, 2.05) is 6.07 Å². The van der Waals surface area contributed by atoms with E-state index >= 15 is 0 Å². The van der Waals surface area contributed by atoms with Crippen molar-refractivity contribution in [1.29, 1.82) is 0 Å². The Morgan fingerprint density at radius 3 is 2.71 bits per heavy atom. The van der Waals surface area contributed by atoms with Gasteiger partial charge < -0.3 is 14.6 Å². The maximum atomic E-state index is 11.2. The van der Waals surface area contributed by atoms with Crippen LogP contribution in [0.4, 0.5) is 0 Å². The molecule has 0 radical (unpaired) electrons. The van der Waals surface area contributed by atoms with Gasteiger partial charge in [-0.15, -0.1) is 0 Å². The van der Waals surface area contributed by atoms with Crippen LogP contribution in [0.3, 0.4) is 0 Å². The summed E-state index contributed by atoms with van der Waals surface area (Å²) >= 11 is 0. The zero-order valence-corrected chi connectivity index (χ0v) is 9.54. The fourth-order valence-corrected chi connectivity index (χ4v) is 1.88. The van der Waals surface area contributed by atoms with Gasteiger partial charge in [0.1, 0.15) is 0 Å². The van der Waals surface area contributed by atoms with Gasteiger partial charge in [-0.3, -0.25) is 0 Å². The summed E-state index contributed by atoms with van der Waals surface area (Å²) in [4.78, 5) is 11.2. The van der Waals surface area contributed by atoms with Crippen molar-refractivity contribution in [3.63, 3.8) is 0 Å². The monoisotopic (exact) mass is 236 g/mol. The van der Waals surface area contributed by atoms with Crippen LogP contribution in [0, 0.1) is 0 Å². The Balaban J connectivity index is 2.05. The van der Waals surface area contributed by atoms with Crippen LogP contribution in [0.25, 0.3) is 0 Å². The summed E-state index contributed by atoms with van der Waals surface area (Å²) in [6.45, 7) is 0.645. The van der Waals surface area contributed by atoms with Gasteiger partial charge in [0, 0.05) is 6.61 Å². The number of carbonyl (C=O) groups is 1. The van der Waals surface area contributed by atoms with Crippen LogP contribution in [0.1, 0.15) is 30.9 Å². The van der Waals surface area contributed by atoms with Crippen LogP contribution in [0.5, 0.6) is 0 Å². The highest BCUT2D eigenvalue weighted by Crippen LogP contribution is 2.23. The van der Waals surface area contributed by atoms with Gasteiger partial charge in [-0.25, -0.2) is 4.79 Å². The highest BCUT2D eigenvalue weighted by atomic mass is 16.7. The normalized spacial score (nSPS) is 22.0. The van der Waals surface area contributed by atoms with E-state index in [0.717, 1.165) is 19.3 Å². The van der Waals surface area contributed by atoms with Gasteiger partial charge in [0.05, 0.1) is 0 Å². The van der Waals surface area contributed by atoms with Crippen molar-refractivity contribution in [1.82, 2.24) is 0 Å². The van der Waals surface area contributed by atoms with Gasteiger partial charge in [0.25, 0.3) is 0 Å². The second kappa shape index (κ2) is 5.80. The van der Waals surface area contributed by atoms with Gasteiger partial charge >= 0.3 is 5.97 Å². The number of hydrogen-bond donors (Lipinski definition) is 1. The molecule has 1 aromatic carbocycles. The molecule has 0 aliphatic carbocycles. The highest BCUT2D eigenvalue weighted by Gasteiger charge is 2.26. The first-order chi connectivity index (χ1) is 8.27. The largest absolute Gasteiger partial charge is 0.479 e. The van der Waals surface area contributed by atoms with Gasteiger partial charge in [0.15, 0.2) is 12.4 Å². The molecule has 17 heavy (non-hydrogen) atoms. The third kappa shape index (κ3) is 3.28. The summed E-state index contributed by atoms with van der Waals surface area (Å²) in [7, 11) is 0. The van der Waals surface area contributed by atoms with Crippen LogP contribution in [-0.2, 0) is 14.3 Å². The Morgan fingerprint density at radius 1 is 1.35 bits per heavy atom. The van der Waals surface area contributed by atoms with Crippen molar-refractivity contribution in [3.05, 3.63) is 35.9 Å². The third-order valence-corrected chi connectivity index (χ3v) is 2.75. The van der Waals surface area contributed by atoms with E-state index in [1.165, 1.54) is 0 Å². The van der Waals surface area contributed by atoms with E-state index in [-0.39, 0.29) is 0 Å². The quantitative estimate of drug-likeness (QED) is 0.871. The summed E-state index contributed by atoms with van der Waals surface area (Å²) in [5, 5.41) is 9.18. The lowest BCUT2D eigenvalue weighted by Gasteiger charge is -2.26. The summed E-state index contributed by atoms with van der Waals surface area (Å²) in [6.07, 6.45) is 1.45. The van der Waals surface area contributed by atoms with E-state index in [2.05, 4.69) is 0 Å². The van der Waals surface area contributed by atoms with Crippen molar-refractivity contribution in [2.75, 3.05) is 6.61 Å². The lowest BCUT2D eigenvalue weighted by Crippen LogP contribution is -2.27. The number of aliphatic carboxylic acids is 1. The van der Waals surface area contributed by atoms with Gasteiger partial charge in [-0.1, -0.05) is 30.3 Å². The van der Waals surface area contributed by atoms with Crippen molar-refractivity contribution < 1.29 is 19.4 Å². The Hall–Kier alpha value is -1.39. The Morgan fingerprint density at radius 2 is 2.12 bits per heavy atom. The molecule has 2 rings (SSSR count). The minimum atomic E-state index is -0.981. The smallest absolute Gasteiger partial charge is 0.337 e. The molecule has 0 amide bonds. The maximum Gasteiger partial charge on any atom is 0.337 e. The fraction of sp³-hybridized carbons (Fsp3) is 0.462. The average Bonchev–Trinajstić information content (AvgIpc) is 2.38. The van der Waals surface area contributed by atoms with Crippen LogP contribution in [-0.4, -0.2) is 24.0 Å². The molecule has 0 saturated carbocycles. The molecule has 4 nitrogen and oxygen atoms in total. The molecule has 0 aromatic heterocycles. The lowest BCUT2D eigenvalue weighted by molar-refractivity contribution is -0.202. The van der Waals surface area contributed by atoms with Crippen LogP contribution in [0.15, 0.2) is 30.3 Å². The molecule has 1 unspecified atom stereocenters. The number of rotatable bonds is 4. The molecule has 1 saturated heterocycles. The van der Waals surface area contributed by atoms with Gasteiger partial charge in [-0.05, 0) is 24.8 Å². The molecule has 1 aliphatic heterocycles. The molecule has 1 fully saturated rings. The minimum absolute atomic E-state index is 0.398. The third-order valence-electron chi connectivity index (χ3n) is 2.75. The number of carboxylic acids is 1. The first kappa shape index (κ1) is 12.1. The van der Waals surface area contributed by atoms with Gasteiger partial charge in [0.2, 0.25) is 0 Å². The molecular weight excluding hydrogens is 220 g/mol. The maximum absolute atomic E-state index is 11.2. The number of benzene rings is 1. The van der Waals surface area contributed by atoms with Crippen LogP contribution in [0.2, 0.25) is 0 Å². The number of carboxylic acid groups (broad SMARTS) is 1. The van der Waals surface area contributed by atoms with E-state index in [1.54, 1.807) is 24.3 Å². The Labute approximate surface area is 100 Å². The summed E-state index contributed by atoms with van der Waals surface area (Å²) < 4.78 is 10.9. The van der Waals surface area contributed by atoms with E-state index in [0.29, 0.717) is 12.2 Å². The summed E-state index contributed by atoms with van der Waals surface area (Å²) in [5.74, 6) is -0.981. The Bertz CT molecular complexity index is 357. The zero-order valence-electron chi connectivity index (χ0n) is 9.54. The van der Waals surface area contributed by atoms with Crippen LogP contribution < -0.4 is 0 Å². The second-order valence-corrected chi connectivity index (χ2v) is 4.06. The van der Waals surface area contributed by atoms with Crippen LogP contribution >= 0.6 is 0 Å². The van der Waals surface area contributed by atoms with Gasteiger partial charge in [-0.2, -0.15) is 0 Å². The molecule has 0 spiro atoms. The van der Waals surface area contributed by atoms with Crippen molar-refractivity contribution >= 4 is 5.97 Å². The number of hydrogen-bond acceptors (Lipinski definition) is 3. The van der Waals surface area contributed by atoms with Crippen molar-refractivity contribution in [2.24, 2.45) is 0 Å². The second-order valence-electron chi connectivity index (χ2n) is 4.06. The predicted octanol–water partition coefficient (Wildman–Crippen LogP) is 2.36. The molecule has 1 aromatic rings. The van der Waals surface area contributed by atoms with Crippen molar-refractivity contribution in [3.8, 4) is 0 Å². The zero-order chi connectivity index (χ0) is 12.1. The van der Waals surface area contributed by atoms with Crippen molar-refractivity contribution in [2.45, 2.75) is 31.7 Å². The standard InChI is InChI=1S/C13H16O4/c14-13(15)12(10-6-2-1-3-7-10)17-11-8-4-5-9-16-11/h1-3,6-7,11-12H,4-5,8-9H2,(H,14,15)/t11?,12-/m1/s1. The molecule has 0 bridgehead atoms. The minimum Gasteiger partial charge on any atom is -0.479 e. The first-order valence-electron chi connectivity index (χ1n) is 5.82. The van der Waals surface area contributed by atoms with E-state index in [9.17, 15) is 9.90 Å². The molecule has 1 N–H and O–H groups in total. The molecule has 1 aliphatic rings. The van der Waals surface area contributed by atoms with E-state index < -0.39 is 18.4 Å². The number of ether oxygens (including phenoxy) is 2. The van der Waals surface area contributed by atoms with E-state index in [4.69, 9.17) is 9.47 Å². The first-order valence-corrected chi connectivity index (χ1v) is 5.82. The highest BCUT2D eigenvalue weighted by molar-refractivity contribution is 5.74. The Kier molecular flexibility index (Phi) is 4.12. The average molecular weight is 236 g/mol. The topological polar surface area (TPSA) is 55.8 Å². The molecular formula is C13H16O4. The predicted molar refractivity (Wildman–Crippen MR) is 61.5 cm³/mol. The summed E-state index contributed by atoms with van der Waals surface area (Å²) in [5.41, 5.74) is 0.647. The molecule has 1 heterocycles. The molecule has 2 atom stereocenters. The summed E-state index contributed by atoms with van der Waals surface area (Å²) in [6, 6.07) is 8.95. The molecule has 4 heteroatoms. The molecule has 92 valence electrons. The fourth-order valence-electron chi connectivity index (χ4n) is 1.88. The lowest BCUT2D eigenvalue weighted by atomic mass is 10.1.